The number of nitrogens with one attached hydrogen (secondary N) is 1. The second kappa shape index (κ2) is 5.36. The highest BCUT2D eigenvalue weighted by Crippen LogP contribution is 2.19. The number of hydrogen-bond donors (Lipinski definition) is 1. The Morgan fingerprint density at radius 3 is 2.94 bits per heavy atom. The fourth-order valence-corrected chi connectivity index (χ4v) is 3.04. The standard InChI is InChI=1S/C15H16N2S/c1(2-6-13-7-4-10-18-13)5-12-11-17-15-14(12)8-3-9-16-15/h3-4,7-11H,1-2,5-6H2,(H,16,17). The van der Waals surface area contributed by atoms with E-state index < -0.39 is 0 Å². The lowest BCUT2D eigenvalue weighted by Crippen LogP contribution is -1.86. The van der Waals surface area contributed by atoms with Gasteiger partial charge in [-0.1, -0.05) is 6.07 Å². The van der Waals surface area contributed by atoms with Gasteiger partial charge in [-0.05, 0) is 54.8 Å². The molecule has 3 heteroatoms. The third kappa shape index (κ3) is 2.46. The third-order valence-electron chi connectivity index (χ3n) is 3.24. The summed E-state index contributed by atoms with van der Waals surface area (Å²) in [5.74, 6) is 0. The van der Waals surface area contributed by atoms with Crippen molar-refractivity contribution >= 4 is 22.4 Å². The topological polar surface area (TPSA) is 28.7 Å². The number of thiophene rings is 1. The largest absolute Gasteiger partial charge is 0.346 e. The van der Waals surface area contributed by atoms with Crippen LogP contribution >= 0.6 is 11.3 Å². The molecule has 0 aliphatic rings. The van der Waals surface area contributed by atoms with Gasteiger partial charge >= 0.3 is 0 Å². The lowest BCUT2D eigenvalue weighted by Gasteiger charge is -1.99. The van der Waals surface area contributed by atoms with Gasteiger partial charge in [0.1, 0.15) is 5.65 Å². The predicted molar refractivity (Wildman–Crippen MR) is 77.1 cm³/mol. The van der Waals surface area contributed by atoms with Crippen molar-refractivity contribution in [2.24, 2.45) is 0 Å². The van der Waals surface area contributed by atoms with E-state index in [4.69, 9.17) is 0 Å². The zero-order chi connectivity index (χ0) is 12.2. The average Bonchev–Trinajstić information content (AvgIpc) is 3.04. The number of aryl methyl sites for hydroxylation is 2. The Morgan fingerprint density at radius 2 is 2.06 bits per heavy atom. The minimum Gasteiger partial charge on any atom is -0.346 e. The molecular formula is C15H16N2S. The number of pyridine rings is 1. The van der Waals surface area contributed by atoms with Gasteiger partial charge in [0, 0.05) is 22.7 Å². The lowest BCUT2D eigenvalue weighted by molar-refractivity contribution is 0.743. The summed E-state index contributed by atoms with van der Waals surface area (Å²) in [6, 6.07) is 8.50. The van der Waals surface area contributed by atoms with Crippen LogP contribution in [0.4, 0.5) is 0 Å². The van der Waals surface area contributed by atoms with Crippen LogP contribution in [0.25, 0.3) is 11.0 Å². The van der Waals surface area contributed by atoms with Crippen molar-refractivity contribution < 1.29 is 0 Å². The second-order valence-corrected chi connectivity index (χ2v) is 5.53. The molecule has 3 aromatic rings. The Bertz CT molecular complexity index is 610. The van der Waals surface area contributed by atoms with E-state index in [9.17, 15) is 0 Å². The molecule has 0 spiro atoms. The fourth-order valence-electron chi connectivity index (χ4n) is 2.29. The van der Waals surface area contributed by atoms with E-state index in [-0.39, 0.29) is 0 Å². The van der Waals surface area contributed by atoms with Gasteiger partial charge in [-0.25, -0.2) is 4.98 Å². The van der Waals surface area contributed by atoms with Crippen LogP contribution in [-0.2, 0) is 12.8 Å². The first-order valence-electron chi connectivity index (χ1n) is 6.37. The molecule has 2 nitrogen and oxygen atoms in total. The monoisotopic (exact) mass is 256 g/mol. The van der Waals surface area contributed by atoms with Crippen molar-refractivity contribution in [1.29, 1.82) is 0 Å². The number of aromatic amines is 1. The van der Waals surface area contributed by atoms with Crippen LogP contribution < -0.4 is 0 Å². The molecule has 0 amide bonds. The van der Waals surface area contributed by atoms with Crippen molar-refractivity contribution in [2.45, 2.75) is 25.7 Å². The number of fused-ring (bicyclic) bond motifs is 1. The lowest BCUT2D eigenvalue weighted by atomic mass is 10.1. The van der Waals surface area contributed by atoms with E-state index in [2.05, 4.69) is 39.7 Å². The quantitative estimate of drug-likeness (QED) is 0.681. The van der Waals surface area contributed by atoms with Crippen molar-refractivity contribution in [2.75, 3.05) is 0 Å². The Hall–Kier alpha value is -1.61. The molecule has 3 aromatic heterocycles. The van der Waals surface area contributed by atoms with Crippen LogP contribution in [-0.4, -0.2) is 9.97 Å². The Morgan fingerprint density at radius 1 is 1.11 bits per heavy atom. The number of rotatable bonds is 5. The van der Waals surface area contributed by atoms with Crippen LogP contribution in [0.3, 0.4) is 0 Å². The predicted octanol–water partition coefficient (Wildman–Crippen LogP) is 4.19. The molecule has 0 unspecified atom stereocenters. The van der Waals surface area contributed by atoms with E-state index in [1.165, 1.54) is 35.1 Å². The molecule has 3 rings (SSSR count). The minimum absolute atomic E-state index is 1.01. The van der Waals surface area contributed by atoms with Gasteiger partial charge < -0.3 is 4.98 Å². The maximum Gasteiger partial charge on any atom is 0.137 e. The molecule has 92 valence electrons. The van der Waals surface area contributed by atoms with Gasteiger partial charge in [-0.2, -0.15) is 0 Å². The molecule has 0 fully saturated rings. The van der Waals surface area contributed by atoms with E-state index in [0.717, 1.165) is 12.1 Å². The minimum atomic E-state index is 1.01. The molecule has 0 radical (unpaired) electrons. The van der Waals surface area contributed by atoms with Crippen LogP contribution in [0, 0.1) is 0 Å². The van der Waals surface area contributed by atoms with Crippen LogP contribution in [0.5, 0.6) is 0 Å². The first kappa shape index (κ1) is 11.5. The van der Waals surface area contributed by atoms with Crippen molar-refractivity contribution in [1.82, 2.24) is 9.97 Å². The first-order chi connectivity index (χ1) is 8.93. The van der Waals surface area contributed by atoms with Gasteiger partial charge in [0.05, 0.1) is 0 Å². The van der Waals surface area contributed by atoms with Gasteiger partial charge in [0.15, 0.2) is 0 Å². The molecule has 0 saturated heterocycles. The number of aromatic nitrogens is 2. The molecule has 0 atom stereocenters. The van der Waals surface area contributed by atoms with E-state index in [1.807, 2.05) is 23.6 Å². The van der Waals surface area contributed by atoms with E-state index in [0.29, 0.717) is 0 Å². The zero-order valence-electron chi connectivity index (χ0n) is 10.2. The normalized spacial score (nSPS) is 11.1. The zero-order valence-corrected chi connectivity index (χ0v) is 11.0. The van der Waals surface area contributed by atoms with Gasteiger partial charge in [-0.15, -0.1) is 11.3 Å². The summed E-state index contributed by atoms with van der Waals surface area (Å²) < 4.78 is 0. The molecule has 0 aliphatic carbocycles. The summed E-state index contributed by atoms with van der Waals surface area (Å²) in [5, 5.41) is 3.43. The summed E-state index contributed by atoms with van der Waals surface area (Å²) in [7, 11) is 0. The fraction of sp³-hybridized carbons (Fsp3) is 0.267. The molecule has 0 aliphatic heterocycles. The second-order valence-electron chi connectivity index (χ2n) is 4.50. The Labute approximate surface area is 111 Å². The Kier molecular flexibility index (Phi) is 3.42. The maximum atomic E-state index is 4.32. The molecule has 0 aromatic carbocycles. The first-order valence-corrected chi connectivity index (χ1v) is 7.25. The van der Waals surface area contributed by atoms with Crippen molar-refractivity contribution in [3.63, 3.8) is 0 Å². The van der Waals surface area contributed by atoms with Gasteiger partial charge in [-0.3, -0.25) is 0 Å². The van der Waals surface area contributed by atoms with Crippen LogP contribution in [0.2, 0.25) is 0 Å². The van der Waals surface area contributed by atoms with E-state index >= 15 is 0 Å². The molecule has 0 bridgehead atoms. The summed E-state index contributed by atoms with van der Waals surface area (Å²) in [6.07, 6.45) is 8.77. The molecule has 18 heavy (non-hydrogen) atoms. The van der Waals surface area contributed by atoms with Gasteiger partial charge in [0.25, 0.3) is 0 Å². The van der Waals surface area contributed by atoms with Crippen molar-refractivity contribution in [3.8, 4) is 0 Å². The highest BCUT2D eigenvalue weighted by Gasteiger charge is 2.03. The molecule has 0 saturated carbocycles. The highest BCUT2D eigenvalue weighted by atomic mass is 32.1. The summed E-state index contributed by atoms with van der Waals surface area (Å²) in [6.45, 7) is 0. The van der Waals surface area contributed by atoms with Crippen LogP contribution in [0.1, 0.15) is 23.3 Å². The maximum absolute atomic E-state index is 4.32. The summed E-state index contributed by atoms with van der Waals surface area (Å²) in [5.41, 5.74) is 2.40. The van der Waals surface area contributed by atoms with Crippen molar-refractivity contribution in [3.05, 3.63) is 52.5 Å². The summed E-state index contributed by atoms with van der Waals surface area (Å²) >= 11 is 1.86. The molecule has 1 N–H and O–H groups in total. The Balaban J connectivity index is 1.57. The van der Waals surface area contributed by atoms with Crippen LogP contribution in [0.15, 0.2) is 42.0 Å². The SMILES string of the molecule is c1csc(CCCCc2c[nH]c3ncccc23)c1. The van der Waals surface area contributed by atoms with E-state index in [1.54, 1.807) is 0 Å². The highest BCUT2D eigenvalue weighted by molar-refractivity contribution is 7.09. The summed E-state index contributed by atoms with van der Waals surface area (Å²) in [4.78, 5) is 9.05. The number of unbranched alkanes of at least 4 members (excludes halogenated alkanes) is 1. The average molecular weight is 256 g/mol. The molecule has 3 heterocycles. The van der Waals surface area contributed by atoms with Gasteiger partial charge in [0.2, 0.25) is 0 Å². The number of nitrogens with zero attached hydrogens (tertiary/aromatic N) is 1. The smallest absolute Gasteiger partial charge is 0.137 e. The number of H-pyrrole nitrogens is 1. The number of hydrogen-bond acceptors (Lipinski definition) is 2. The third-order valence-corrected chi connectivity index (χ3v) is 4.17. The molecular weight excluding hydrogens is 240 g/mol.